The van der Waals surface area contributed by atoms with Gasteiger partial charge in [-0.2, -0.15) is 5.26 Å². The van der Waals surface area contributed by atoms with Gasteiger partial charge in [-0.3, -0.25) is 0 Å². The molecule has 1 unspecified atom stereocenters. The van der Waals surface area contributed by atoms with Crippen LogP contribution in [-0.4, -0.2) is 41.6 Å². The largest absolute Gasteiger partial charge is 0.396 e. The van der Waals surface area contributed by atoms with Crippen LogP contribution in [0.3, 0.4) is 0 Å². The zero-order valence-electron chi connectivity index (χ0n) is 7.33. The van der Waals surface area contributed by atoms with Crippen LogP contribution in [0, 0.1) is 11.3 Å². The lowest BCUT2D eigenvalue weighted by Crippen LogP contribution is -2.30. The van der Waals surface area contributed by atoms with Crippen molar-refractivity contribution >= 4 is 11.6 Å². The predicted octanol–water partition coefficient (Wildman–Crippen LogP) is 0.822. The highest BCUT2D eigenvalue weighted by molar-refractivity contribution is 6.22. The number of nitrogens with zero attached hydrogens (tertiary/aromatic N) is 2. The number of alkyl halides is 1. The third-order valence-electron chi connectivity index (χ3n) is 1.64. The first-order valence-corrected chi connectivity index (χ1v) is 4.55. The van der Waals surface area contributed by atoms with E-state index >= 15 is 0 Å². The minimum atomic E-state index is -0.441. The molecule has 0 bridgehead atoms. The van der Waals surface area contributed by atoms with Crippen molar-refractivity contribution in [2.24, 2.45) is 0 Å². The van der Waals surface area contributed by atoms with E-state index < -0.39 is 5.38 Å². The summed E-state index contributed by atoms with van der Waals surface area (Å²) in [6.45, 7) is 4.45. The normalized spacial score (nSPS) is 12.9. The first-order chi connectivity index (χ1) is 5.74. The zero-order chi connectivity index (χ0) is 9.40. The molecule has 1 atom stereocenters. The molecule has 0 saturated heterocycles. The van der Waals surface area contributed by atoms with Crippen LogP contribution in [0.4, 0.5) is 0 Å². The van der Waals surface area contributed by atoms with Crippen LogP contribution in [0.2, 0.25) is 0 Å². The number of rotatable bonds is 6. The molecule has 12 heavy (non-hydrogen) atoms. The molecule has 0 radical (unpaired) electrons. The molecule has 0 aliphatic rings. The lowest BCUT2D eigenvalue weighted by atomic mass is 10.3. The van der Waals surface area contributed by atoms with Gasteiger partial charge < -0.3 is 10.0 Å². The van der Waals surface area contributed by atoms with Crippen LogP contribution in [0.5, 0.6) is 0 Å². The van der Waals surface area contributed by atoms with Gasteiger partial charge in [0.15, 0.2) is 0 Å². The van der Waals surface area contributed by atoms with E-state index in [1.165, 1.54) is 0 Å². The van der Waals surface area contributed by atoms with Gasteiger partial charge in [-0.15, -0.1) is 11.6 Å². The lowest BCUT2D eigenvalue weighted by molar-refractivity contribution is 0.233. The van der Waals surface area contributed by atoms with E-state index in [1.807, 2.05) is 13.0 Å². The predicted molar refractivity (Wildman–Crippen MR) is 49.1 cm³/mol. The Bertz CT molecular complexity index is 146. The smallest absolute Gasteiger partial charge is 0.133 e. The maximum Gasteiger partial charge on any atom is 0.133 e. The highest BCUT2D eigenvalue weighted by Gasteiger charge is 2.08. The molecule has 0 spiro atoms. The van der Waals surface area contributed by atoms with Gasteiger partial charge in [-0.05, 0) is 13.0 Å². The van der Waals surface area contributed by atoms with Gasteiger partial charge in [-0.1, -0.05) is 6.92 Å². The van der Waals surface area contributed by atoms with E-state index in [2.05, 4.69) is 4.90 Å². The highest BCUT2D eigenvalue weighted by atomic mass is 35.5. The van der Waals surface area contributed by atoms with Gasteiger partial charge in [0.25, 0.3) is 0 Å². The monoisotopic (exact) mass is 190 g/mol. The van der Waals surface area contributed by atoms with E-state index in [9.17, 15) is 0 Å². The number of hydrogen-bond acceptors (Lipinski definition) is 3. The van der Waals surface area contributed by atoms with E-state index in [4.69, 9.17) is 22.0 Å². The molecule has 0 aromatic heterocycles. The summed E-state index contributed by atoms with van der Waals surface area (Å²) in [7, 11) is 0. The van der Waals surface area contributed by atoms with Gasteiger partial charge in [0.1, 0.15) is 5.38 Å². The van der Waals surface area contributed by atoms with Crippen molar-refractivity contribution in [2.75, 3.05) is 26.2 Å². The Kier molecular flexibility index (Phi) is 7.17. The molecule has 0 aliphatic carbocycles. The van der Waals surface area contributed by atoms with Crippen molar-refractivity contribution in [1.82, 2.24) is 4.90 Å². The van der Waals surface area contributed by atoms with Crippen molar-refractivity contribution in [1.29, 1.82) is 5.26 Å². The van der Waals surface area contributed by atoms with E-state index in [1.54, 1.807) is 0 Å². The third-order valence-corrected chi connectivity index (χ3v) is 1.87. The fraction of sp³-hybridized carbons (Fsp3) is 0.875. The molecule has 0 fully saturated rings. The van der Waals surface area contributed by atoms with Crippen molar-refractivity contribution in [3.63, 3.8) is 0 Å². The van der Waals surface area contributed by atoms with E-state index in [0.29, 0.717) is 6.54 Å². The van der Waals surface area contributed by atoms with Crippen LogP contribution in [0.15, 0.2) is 0 Å². The molecule has 0 aromatic carbocycles. The number of halogens is 1. The first kappa shape index (κ1) is 11.7. The summed E-state index contributed by atoms with van der Waals surface area (Å²) in [6, 6.07) is 1.97. The second-order valence-electron chi connectivity index (χ2n) is 2.57. The van der Waals surface area contributed by atoms with Gasteiger partial charge in [0, 0.05) is 19.7 Å². The van der Waals surface area contributed by atoms with Crippen LogP contribution < -0.4 is 0 Å². The zero-order valence-corrected chi connectivity index (χ0v) is 8.09. The molecule has 70 valence electrons. The summed E-state index contributed by atoms with van der Waals surface area (Å²) in [4.78, 5) is 2.05. The molecular weight excluding hydrogens is 176 g/mol. The Labute approximate surface area is 78.5 Å². The highest BCUT2D eigenvalue weighted by Crippen LogP contribution is 1.99. The maximum absolute atomic E-state index is 8.58. The maximum atomic E-state index is 8.58. The third kappa shape index (κ3) is 5.36. The Morgan fingerprint density at radius 2 is 2.33 bits per heavy atom. The summed E-state index contributed by atoms with van der Waals surface area (Å²) < 4.78 is 0. The summed E-state index contributed by atoms with van der Waals surface area (Å²) in [5.74, 6) is 0. The average molecular weight is 191 g/mol. The lowest BCUT2D eigenvalue weighted by Gasteiger charge is -2.19. The minimum absolute atomic E-state index is 0.190. The van der Waals surface area contributed by atoms with Gasteiger partial charge in [0.2, 0.25) is 0 Å². The molecule has 0 aromatic rings. The van der Waals surface area contributed by atoms with Crippen LogP contribution in [0.1, 0.15) is 13.3 Å². The Balaban J connectivity index is 3.60. The minimum Gasteiger partial charge on any atom is -0.396 e. The number of hydrogen-bond donors (Lipinski definition) is 1. The molecule has 1 N–H and O–H groups in total. The number of nitriles is 1. The molecule has 3 nitrogen and oxygen atoms in total. The van der Waals surface area contributed by atoms with Gasteiger partial charge >= 0.3 is 0 Å². The Morgan fingerprint density at radius 3 is 2.75 bits per heavy atom. The Hall–Kier alpha value is -0.300. The van der Waals surface area contributed by atoms with Crippen molar-refractivity contribution in [3.05, 3.63) is 0 Å². The fourth-order valence-corrected chi connectivity index (χ4v) is 1.14. The Morgan fingerprint density at radius 1 is 1.67 bits per heavy atom. The van der Waals surface area contributed by atoms with E-state index in [0.717, 1.165) is 19.5 Å². The second kappa shape index (κ2) is 7.35. The molecule has 0 aliphatic heterocycles. The molecular formula is C8H15ClN2O. The summed E-state index contributed by atoms with van der Waals surface area (Å²) in [5, 5.41) is 16.6. The molecule has 0 amide bonds. The SMILES string of the molecule is CCN(CCCO)CC(Cl)C#N. The van der Waals surface area contributed by atoms with Crippen LogP contribution in [0.25, 0.3) is 0 Å². The first-order valence-electron chi connectivity index (χ1n) is 4.11. The van der Waals surface area contributed by atoms with E-state index in [-0.39, 0.29) is 6.61 Å². The van der Waals surface area contributed by atoms with Crippen LogP contribution >= 0.6 is 11.6 Å². The quantitative estimate of drug-likeness (QED) is 0.631. The van der Waals surface area contributed by atoms with Crippen molar-refractivity contribution in [3.8, 4) is 6.07 Å². The fourth-order valence-electron chi connectivity index (χ4n) is 0.940. The molecule has 0 rings (SSSR count). The molecule has 4 heteroatoms. The van der Waals surface area contributed by atoms with Gasteiger partial charge in [-0.25, -0.2) is 0 Å². The molecule has 0 saturated carbocycles. The summed E-state index contributed by atoms with van der Waals surface area (Å²) in [5.41, 5.74) is 0. The second-order valence-corrected chi connectivity index (χ2v) is 3.09. The van der Waals surface area contributed by atoms with Crippen molar-refractivity contribution < 1.29 is 5.11 Å². The van der Waals surface area contributed by atoms with Crippen molar-refractivity contribution in [2.45, 2.75) is 18.7 Å². The van der Waals surface area contributed by atoms with Gasteiger partial charge in [0.05, 0.1) is 6.07 Å². The molecule has 0 heterocycles. The average Bonchev–Trinajstić information content (AvgIpc) is 2.11. The summed E-state index contributed by atoms with van der Waals surface area (Å²) >= 11 is 5.65. The number of aliphatic hydroxyl groups is 1. The summed E-state index contributed by atoms with van der Waals surface area (Å²) in [6.07, 6.45) is 0.739. The number of aliphatic hydroxyl groups excluding tert-OH is 1. The topological polar surface area (TPSA) is 47.3 Å². The van der Waals surface area contributed by atoms with Crippen LogP contribution in [-0.2, 0) is 0 Å². The standard InChI is InChI=1S/C8H15ClN2O/c1-2-11(4-3-5-12)7-8(9)6-10/h8,12H,2-5,7H2,1H3.